The van der Waals surface area contributed by atoms with E-state index in [1.165, 1.54) is 0 Å². The van der Waals surface area contributed by atoms with Crippen molar-refractivity contribution in [1.29, 1.82) is 5.26 Å². The van der Waals surface area contributed by atoms with Gasteiger partial charge in [-0.1, -0.05) is 29.8 Å². The molecule has 0 saturated carbocycles. The third-order valence-corrected chi connectivity index (χ3v) is 3.07. The second-order valence-corrected chi connectivity index (χ2v) is 4.77. The molecule has 1 amide bonds. The van der Waals surface area contributed by atoms with Crippen LogP contribution in [-0.4, -0.2) is 13.0 Å². The maximum Gasteiger partial charge on any atom is 0.266 e. The lowest BCUT2D eigenvalue weighted by atomic mass is 10.1. The van der Waals surface area contributed by atoms with Crippen molar-refractivity contribution in [2.24, 2.45) is 0 Å². The summed E-state index contributed by atoms with van der Waals surface area (Å²) in [5.41, 5.74) is 2.56. The maximum atomic E-state index is 12.2. The highest BCUT2D eigenvalue weighted by Gasteiger charge is 2.09. The molecule has 0 aliphatic heterocycles. The first-order valence-electron chi connectivity index (χ1n) is 6.76. The second kappa shape index (κ2) is 7.09. The molecular weight excluding hydrogens is 276 g/mol. The summed E-state index contributed by atoms with van der Waals surface area (Å²) in [6, 6.07) is 16.5. The molecule has 4 heteroatoms. The van der Waals surface area contributed by atoms with Crippen LogP contribution in [0.3, 0.4) is 0 Å². The zero-order chi connectivity index (χ0) is 15.9. The minimum absolute atomic E-state index is 0.0569. The van der Waals surface area contributed by atoms with Gasteiger partial charge in [-0.25, -0.2) is 0 Å². The maximum absolute atomic E-state index is 12.2. The number of nitriles is 1. The van der Waals surface area contributed by atoms with Gasteiger partial charge in [-0.15, -0.1) is 0 Å². The molecule has 0 bridgehead atoms. The van der Waals surface area contributed by atoms with Crippen LogP contribution in [0.2, 0.25) is 0 Å². The van der Waals surface area contributed by atoms with E-state index >= 15 is 0 Å². The Hall–Kier alpha value is -3.06. The van der Waals surface area contributed by atoms with Crippen LogP contribution in [0.5, 0.6) is 5.75 Å². The van der Waals surface area contributed by atoms with Crippen LogP contribution in [0, 0.1) is 18.3 Å². The van der Waals surface area contributed by atoms with Gasteiger partial charge in [-0.05, 0) is 42.8 Å². The molecule has 0 fully saturated rings. The van der Waals surface area contributed by atoms with Crippen LogP contribution in [0.1, 0.15) is 11.1 Å². The summed E-state index contributed by atoms with van der Waals surface area (Å²) in [4.78, 5) is 12.2. The molecular formula is C18H16N2O2. The van der Waals surface area contributed by atoms with Crippen molar-refractivity contribution in [3.63, 3.8) is 0 Å². The smallest absolute Gasteiger partial charge is 0.266 e. The van der Waals surface area contributed by atoms with E-state index in [4.69, 9.17) is 4.74 Å². The first-order chi connectivity index (χ1) is 10.6. The number of benzene rings is 2. The predicted molar refractivity (Wildman–Crippen MR) is 86.4 cm³/mol. The van der Waals surface area contributed by atoms with E-state index in [1.807, 2.05) is 37.3 Å². The van der Waals surface area contributed by atoms with Crippen LogP contribution in [0.25, 0.3) is 6.08 Å². The normalized spacial score (nSPS) is 10.7. The van der Waals surface area contributed by atoms with Gasteiger partial charge in [-0.2, -0.15) is 5.26 Å². The molecule has 22 heavy (non-hydrogen) atoms. The average molecular weight is 292 g/mol. The molecule has 110 valence electrons. The van der Waals surface area contributed by atoms with Crippen molar-refractivity contribution >= 4 is 17.7 Å². The minimum atomic E-state index is -0.436. The largest absolute Gasteiger partial charge is 0.497 e. The van der Waals surface area contributed by atoms with Crippen molar-refractivity contribution < 1.29 is 9.53 Å². The summed E-state index contributed by atoms with van der Waals surface area (Å²) in [7, 11) is 1.58. The number of nitrogens with zero attached hydrogens (tertiary/aromatic N) is 1. The molecule has 0 radical (unpaired) electrons. The first kappa shape index (κ1) is 15.3. The molecule has 0 aliphatic rings. The van der Waals surface area contributed by atoms with Gasteiger partial charge >= 0.3 is 0 Å². The van der Waals surface area contributed by atoms with Gasteiger partial charge in [-0.3, -0.25) is 4.79 Å². The summed E-state index contributed by atoms with van der Waals surface area (Å²) in [6.45, 7) is 1.96. The van der Waals surface area contributed by atoms with E-state index in [1.54, 1.807) is 37.5 Å². The monoisotopic (exact) mass is 292 g/mol. The second-order valence-electron chi connectivity index (χ2n) is 4.77. The number of aryl methyl sites for hydroxylation is 1. The topological polar surface area (TPSA) is 62.1 Å². The van der Waals surface area contributed by atoms with Crippen LogP contribution in [0.4, 0.5) is 5.69 Å². The highest BCUT2D eigenvalue weighted by Crippen LogP contribution is 2.16. The lowest BCUT2D eigenvalue weighted by Crippen LogP contribution is -2.13. The van der Waals surface area contributed by atoms with Gasteiger partial charge in [0.1, 0.15) is 17.4 Å². The third-order valence-electron chi connectivity index (χ3n) is 3.07. The van der Waals surface area contributed by atoms with Gasteiger partial charge in [0, 0.05) is 5.69 Å². The Bertz CT molecular complexity index is 740. The Morgan fingerprint density at radius 1 is 1.23 bits per heavy atom. The number of amides is 1. The average Bonchev–Trinajstić information content (AvgIpc) is 2.53. The lowest BCUT2D eigenvalue weighted by Gasteiger charge is -2.05. The van der Waals surface area contributed by atoms with Crippen molar-refractivity contribution in [1.82, 2.24) is 0 Å². The SMILES string of the molecule is COc1ccc(NC(=O)/C(C#N)=C\c2cccc(C)c2)cc1. The van der Waals surface area contributed by atoms with Crippen molar-refractivity contribution in [3.8, 4) is 11.8 Å². The molecule has 0 heterocycles. The number of nitrogens with one attached hydrogen (secondary N) is 1. The molecule has 2 aromatic rings. The summed E-state index contributed by atoms with van der Waals surface area (Å²) in [6.07, 6.45) is 1.58. The Labute approximate surface area is 129 Å². The lowest BCUT2D eigenvalue weighted by molar-refractivity contribution is -0.112. The molecule has 0 saturated heterocycles. The Balaban J connectivity index is 2.16. The molecule has 0 atom stereocenters. The number of ether oxygens (including phenoxy) is 1. The van der Waals surface area contributed by atoms with E-state index in [0.29, 0.717) is 11.4 Å². The molecule has 0 aromatic heterocycles. The minimum Gasteiger partial charge on any atom is -0.497 e. The zero-order valence-corrected chi connectivity index (χ0v) is 12.5. The molecule has 0 unspecified atom stereocenters. The first-order valence-corrected chi connectivity index (χ1v) is 6.76. The van der Waals surface area contributed by atoms with Crippen LogP contribution in [-0.2, 0) is 4.79 Å². The third kappa shape index (κ3) is 3.97. The van der Waals surface area contributed by atoms with E-state index in [-0.39, 0.29) is 5.57 Å². The fraction of sp³-hybridized carbons (Fsp3) is 0.111. The Morgan fingerprint density at radius 2 is 1.95 bits per heavy atom. The van der Waals surface area contributed by atoms with Crippen molar-refractivity contribution in [3.05, 3.63) is 65.2 Å². The number of carbonyl (C=O) groups is 1. The van der Waals surface area contributed by atoms with Crippen LogP contribution < -0.4 is 10.1 Å². The van der Waals surface area contributed by atoms with Gasteiger partial charge in [0.25, 0.3) is 5.91 Å². The van der Waals surface area contributed by atoms with E-state index in [2.05, 4.69) is 5.32 Å². The highest BCUT2D eigenvalue weighted by molar-refractivity contribution is 6.09. The number of methoxy groups -OCH3 is 1. The summed E-state index contributed by atoms with van der Waals surface area (Å²) in [5.74, 6) is 0.267. The van der Waals surface area contributed by atoms with Crippen molar-refractivity contribution in [2.75, 3.05) is 12.4 Å². The molecule has 0 aliphatic carbocycles. The molecule has 2 rings (SSSR count). The standard InChI is InChI=1S/C18H16N2O2/c1-13-4-3-5-14(10-13)11-15(12-19)18(21)20-16-6-8-17(22-2)9-7-16/h3-11H,1-2H3,(H,20,21)/b15-11-. The highest BCUT2D eigenvalue weighted by atomic mass is 16.5. The predicted octanol–water partition coefficient (Wildman–Crippen LogP) is 3.55. The molecule has 0 spiro atoms. The summed E-state index contributed by atoms with van der Waals surface area (Å²) in [5, 5.41) is 11.9. The van der Waals surface area contributed by atoms with E-state index in [9.17, 15) is 10.1 Å². The zero-order valence-electron chi connectivity index (χ0n) is 12.5. The van der Waals surface area contributed by atoms with E-state index in [0.717, 1.165) is 11.1 Å². The van der Waals surface area contributed by atoms with Gasteiger partial charge < -0.3 is 10.1 Å². The Kier molecular flexibility index (Phi) is 4.94. The molecule has 4 nitrogen and oxygen atoms in total. The molecule has 1 N–H and O–H groups in total. The number of anilines is 1. The van der Waals surface area contributed by atoms with Crippen LogP contribution >= 0.6 is 0 Å². The molecule has 2 aromatic carbocycles. The Morgan fingerprint density at radius 3 is 2.55 bits per heavy atom. The van der Waals surface area contributed by atoms with Gasteiger partial charge in [0.15, 0.2) is 0 Å². The number of rotatable bonds is 4. The van der Waals surface area contributed by atoms with E-state index < -0.39 is 5.91 Å². The quantitative estimate of drug-likeness (QED) is 0.692. The van der Waals surface area contributed by atoms with Crippen molar-refractivity contribution in [2.45, 2.75) is 6.92 Å². The summed E-state index contributed by atoms with van der Waals surface area (Å²) >= 11 is 0. The fourth-order valence-electron chi connectivity index (χ4n) is 1.95. The summed E-state index contributed by atoms with van der Waals surface area (Å²) < 4.78 is 5.06. The van der Waals surface area contributed by atoms with Gasteiger partial charge in [0.05, 0.1) is 7.11 Å². The van der Waals surface area contributed by atoms with Gasteiger partial charge in [0.2, 0.25) is 0 Å². The fourth-order valence-corrected chi connectivity index (χ4v) is 1.95. The van der Waals surface area contributed by atoms with Crippen LogP contribution in [0.15, 0.2) is 54.1 Å². The number of carbonyl (C=O) groups excluding carboxylic acids is 1. The number of hydrogen-bond acceptors (Lipinski definition) is 3. The number of hydrogen-bond donors (Lipinski definition) is 1.